The lowest BCUT2D eigenvalue weighted by molar-refractivity contribution is -0.175. The van der Waals surface area contributed by atoms with E-state index in [1.165, 1.54) is 7.11 Å². The fourth-order valence-corrected chi connectivity index (χ4v) is 3.18. The van der Waals surface area contributed by atoms with E-state index >= 15 is 0 Å². The molecule has 1 aliphatic rings. The van der Waals surface area contributed by atoms with E-state index in [1.807, 2.05) is 0 Å². The summed E-state index contributed by atoms with van der Waals surface area (Å²) < 4.78 is 5.26. The highest BCUT2D eigenvalue weighted by molar-refractivity contribution is 7.99. The quantitative estimate of drug-likeness (QED) is 0.805. The van der Waals surface area contributed by atoms with Gasteiger partial charge in [0.1, 0.15) is 11.1 Å². The maximum absolute atomic E-state index is 12.5. The summed E-state index contributed by atoms with van der Waals surface area (Å²) in [5, 5.41) is 3.91. The normalized spacial score (nSPS) is 23.1. The second-order valence-corrected chi connectivity index (χ2v) is 6.96. The van der Waals surface area contributed by atoms with Crippen molar-refractivity contribution in [2.75, 3.05) is 25.7 Å². The zero-order valence-corrected chi connectivity index (χ0v) is 13.6. The van der Waals surface area contributed by atoms with E-state index in [1.54, 1.807) is 39.6 Å². The van der Waals surface area contributed by atoms with Gasteiger partial charge in [0.25, 0.3) is 5.91 Å². The van der Waals surface area contributed by atoms with Gasteiger partial charge in [-0.05, 0) is 39.4 Å². The van der Waals surface area contributed by atoms with E-state index in [9.17, 15) is 9.59 Å². The number of carbonyl (C=O) groups excluding carboxylic acids is 2. The summed E-state index contributed by atoms with van der Waals surface area (Å²) in [6.07, 6.45) is 0.882. The van der Waals surface area contributed by atoms with E-state index in [-0.39, 0.29) is 5.91 Å². The largest absolute Gasteiger partial charge is 0.444 e. The summed E-state index contributed by atoms with van der Waals surface area (Å²) in [4.78, 5) is 29.4. The van der Waals surface area contributed by atoms with Gasteiger partial charge in [0.2, 0.25) is 0 Å². The van der Waals surface area contributed by atoms with Crippen molar-refractivity contribution in [3.63, 3.8) is 0 Å². The van der Waals surface area contributed by atoms with Crippen molar-refractivity contribution in [3.05, 3.63) is 0 Å². The molecule has 1 saturated heterocycles. The van der Waals surface area contributed by atoms with Crippen molar-refractivity contribution >= 4 is 23.8 Å². The van der Waals surface area contributed by atoms with Gasteiger partial charge in [-0.1, -0.05) is 0 Å². The van der Waals surface area contributed by atoms with Gasteiger partial charge < -0.3 is 10.1 Å². The second-order valence-electron chi connectivity index (χ2n) is 5.85. The fourth-order valence-electron chi connectivity index (χ4n) is 2.00. The van der Waals surface area contributed by atoms with Crippen LogP contribution in [0.2, 0.25) is 0 Å². The number of nitrogens with zero attached hydrogens (tertiary/aromatic N) is 1. The number of hydroxylamine groups is 2. The molecule has 1 N–H and O–H groups in total. The monoisotopic (exact) mass is 304 g/mol. The first-order valence-corrected chi connectivity index (χ1v) is 7.77. The third-order valence-corrected chi connectivity index (χ3v) is 4.22. The van der Waals surface area contributed by atoms with Crippen LogP contribution in [0.25, 0.3) is 0 Å². The third-order valence-electron chi connectivity index (χ3n) is 2.95. The van der Waals surface area contributed by atoms with E-state index in [4.69, 9.17) is 9.57 Å². The highest BCUT2D eigenvalue weighted by Gasteiger charge is 2.44. The molecule has 6 nitrogen and oxygen atoms in total. The van der Waals surface area contributed by atoms with Crippen LogP contribution in [0.4, 0.5) is 4.79 Å². The molecule has 1 rings (SSSR count). The maximum atomic E-state index is 12.5. The van der Waals surface area contributed by atoms with E-state index in [0.29, 0.717) is 12.2 Å². The van der Waals surface area contributed by atoms with Crippen LogP contribution in [0.15, 0.2) is 0 Å². The van der Waals surface area contributed by atoms with Crippen LogP contribution >= 0.6 is 11.8 Å². The first-order valence-electron chi connectivity index (χ1n) is 6.61. The SMILES string of the molecule is CON(C)C(=O)C1(NC(=O)OC(C)(C)C)CCCSC1. The lowest BCUT2D eigenvalue weighted by atomic mass is 9.94. The molecule has 0 aromatic rings. The Morgan fingerprint density at radius 1 is 1.35 bits per heavy atom. The number of alkyl carbamates (subject to hydrolysis) is 1. The minimum atomic E-state index is -0.948. The van der Waals surface area contributed by atoms with Crippen molar-refractivity contribution in [1.29, 1.82) is 0 Å². The minimum absolute atomic E-state index is 0.252. The molecule has 1 heterocycles. The predicted molar refractivity (Wildman–Crippen MR) is 78.4 cm³/mol. The average molecular weight is 304 g/mol. The zero-order chi connectivity index (χ0) is 15.4. The number of nitrogens with one attached hydrogen (secondary N) is 1. The maximum Gasteiger partial charge on any atom is 0.408 e. The number of ether oxygens (including phenoxy) is 1. The number of carbonyl (C=O) groups is 2. The molecule has 0 saturated carbocycles. The number of thioether (sulfide) groups is 1. The minimum Gasteiger partial charge on any atom is -0.444 e. The molecule has 1 unspecified atom stereocenters. The zero-order valence-electron chi connectivity index (χ0n) is 12.8. The molecule has 1 atom stereocenters. The summed E-state index contributed by atoms with van der Waals surface area (Å²) in [6, 6.07) is 0. The van der Waals surface area contributed by atoms with Gasteiger partial charge in [0.15, 0.2) is 0 Å². The summed E-state index contributed by atoms with van der Waals surface area (Å²) >= 11 is 1.64. The Labute approximate surface area is 124 Å². The number of likely N-dealkylation sites (N-methyl/N-ethyl adjacent to an activating group) is 1. The lowest BCUT2D eigenvalue weighted by Crippen LogP contribution is -2.62. The van der Waals surface area contributed by atoms with Gasteiger partial charge in [-0.3, -0.25) is 9.63 Å². The first-order chi connectivity index (χ1) is 9.20. The van der Waals surface area contributed by atoms with E-state index in [2.05, 4.69) is 5.32 Å². The van der Waals surface area contributed by atoms with Crippen LogP contribution < -0.4 is 5.32 Å². The predicted octanol–water partition coefficient (Wildman–Crippen LogP) is 1.80. The van der Waals surface area contributed by atoms with Crippen LogP contribution in [0.1, 0.15) is 33.6 Å². The fraction of sp³-hybridized carbons (Fsp3) is 0.846. The molecular weight excluding hydrogens is 280 g/mol. The van der Waals surface area contributed by atoms with Gasteiger partial charge in [0.05, 0.1) is 7.11 Å². The van der Waals surface area contributed by atoms with Gasteiger partial charge in [-0.25, -0.2) is 9.86 Å². The van der Waals surface area contributed by atoms with Gasteiger partial charge in [0, 0.05) is 12.8 Å². The number of rotatable bonds is 3. The second kappa shape index (κ2) is 6.67. The molecule has 0 radical (unpaired) electrons. The Balaban J connectivity index is 2.84. The summed E-state index contributed by atoms with van der Waals surface area (Å²) in [5.41, 5.74) is -1.54. The molecule has 20 heavy (non-hydrogen) atoms. The molecule has 2 amide bonds. The first kappa shape index (κ1) is 17.1. The smallest absolute Gasteiger partial charge is 0.408 e. The van der Waals surface area contributed by atoms with Gasteiger partial charge >= 0.3 is 6.09 Å². The molecule has 0 bridgehead atoms. The third kappa shape index (κ3) is 4.56. The Kier molecular flexibility index (Phi) is 5.70. The Hall–Kier alpha value is -0.950. The number of hydrogen-bond donors (Lipinski definition) is 1. The summed E-state index contributed by atoms with van der Waals surface area (Å²) in [5.74, 6) is 1.26. The molecule has 0 aliphatic carbocycles. The Morgan fingerprint density at radius 3 is 2.45 bits per heavy atom. The molecule has 7 heteroatoms. The molecular formula is C13H24N2O4S. The van der Waals surface area contributed by atoms with Crippen LogP contribution in [-0.2, 0) is 14.4 Å². The highest BCUT2D eigenvalue weighted by atomic mass is 32.2. The van der Waals surface area contributed by atoms with Crippen molar-refractivity contribution in [2.24, 2.45) is 0 Å². The van der Waals surface area contributed by atoms with E-state index in [0.717, 1.165) is 17.2 Å². The Bertz CT molecular complexity index is 362. The average Bonchev–Trinajstić information content (AvgIpc) is 2.35. The molecule has 0 aromatic heterocycles. The molecule has 1 aliphatic heterocycles. The summed E-state index contributed by atoms with van der Waals surface area (Å²) in [7, 11) is 2.97. The van der Waals surface area contributed by atoms with Crippen molar-refractivity contribution in [1.82, 2.24) is 10.4 Å². The van der Waals surface area contributed by atoms with Gasteiger partial charge in [-0.2, -0.15) is 11.8 Å². The topological polar surface area (TPSA) is 67.9 Å². The lowest BCUT2D eigenvalue weighted by Gasteiger charge is -2.38. The number of amides is 2. The molecule has 0 aromatic carbocycles. The number of hydrogen-bond acceptors (Lipinski definition) is 5. The van der Waals surface area contributed by atoms with Gasteiger partial charge in [-0.15, -0.1) is 0 Å². The Morgan fingerprint density at radius 2 is 2.00 bits per heavy atom. The highest BCUT2D eigenvalue weighted by Crippen LogP contribution is 2.29. The molecule has 116 valence electrons. The van der Waals surface area contributed by atoms with Crippen molar-refractivity contribution in [3.8, 4) is 0 Å². The van der Waals surface area contributed by atoms with Crippen molar-refractivity contribution < 1.29 is 19.2 Å². The molecule has 1 fully saturated rings. The van der Waals surface area contributed by atoms with Crippen LogP contribution in [0.3, 0.4) is 0 Å². The van der Waals surface area contributed by atoms with Crippen LogP contribution in [0.5, 0.6) is 0 Å². The van der Waals surface area contributed by atoms with E-state index < -0.39 is 17.2 Å². The summed E-state index contributed by atoms with van der Waals surface area (Å²) in [6.45, 7) is 5.37. The molecule has 0 spiro atoms. The van der Waals surface area contributed by atoms with Crippen LogP contribution in [-0.4, -0.2) is 53.9 Å². The standard InChI is InChI=1S/C13H24N2O4S/c1-12(2,3)19-11(17)14-13(7-6-8-20-9-13)10(16)15(4)18-5/h6-9H2,1-5H3,(H,14,17). The van der Waals surface area contributed by atoms with Crippen molar-refractivity contribution in [2.45, 2.75) is 44.8 Å². The van der Waals surface area contributed by atoms with Crippen LogP contribution in [0, 0.1) is 0 Å².